The lowest BCUT2D eigenvalue weighted by molar-refractivity contribution is 0.0469. The maximum atomic E-state index is 9.72. The molecule has 3 aromatic heterocycles. The first-order valence-electron chi connectivity index (χ1n) is 10.3. The van der Waals surface area contributed by atoms with Crippen molar-refractivity contribution in [2.75, 3.05) is 18.4 Å². The second-order valence-corrected chi connectivity index (χ2v) is 8.82. The van der Waals surface area contributed by atoms with E-state index in [0.717, 1.165) is 28.4 Å². The molecule has 1 aliphatic heterocycles. The third kappa shape index (κ3) is 2.63. The van der Waals surface area contributed by atoms with Gasteiger partial charge in [0.05, 0.1) is 24.2 Å². The van der Waals surface area contributed by atoms with Gasteiger partial charge >= 0.3 is 0 Å². The maximum Gasteiger partial charge on any atom is 0.137 e. The summed E-state index contributed by atoms with van der Waals surface area (Å²) >= 11 is 0. The van der Waals surface area contributed by atoms with Crippen LogP contribution in [-0.2, 0) is 6.61 Å². The lowest BCUT2D eigenvalue weighted by Gasteiger charge is -2.54. The molecule has 6 rings (SSSR count). The van der Waals surface area contributed by atoms with Gasteiger partial charge in [-0.05, 0) is 66.3 Å². The first kappa shape index (κ1) is 16.5. The number of fused-ring (bicyclic) bond motifs is 1. The Bertz CT molecular complexity index is 1040. The van der Waals surface area contributed by atoms with Crippen LogP contribution in [0.5, 0.6) is 0 Å². The van der Waals surface area contributed by atoms with E-state index in [2.05, 4.69) is 38.3 Å². The molecule has 6 heteroatoms. The Morgan fingerprint density at radius 3 is 2.82 bits per heavy atom. The van der Waals surface area contributed by atoms with E-state index in [1.165, 1.54) is 44.3 Å². The molecular weight excluding hydrogens is 350 g/mol. The summed E-state index contributed by atoms with van der Waals surface area (Å²) in [5.41, 5.74) is 5.59. The van der Waals surface area contributed by atoms with Crippen LogP contribution in [0.3, 0.4) is 0 Å². The first-order valence-corrected chi connectivity index (χ1v) is 10.3. The van der Waals surface area contributed by atoms with Crippen molar-refractivity contribution in [3.8, 4) is 11.4 Å². The molecule has 3 aliphatic rings. The standard InChI is InChI=1S/C22H25N5O/c28-11-15-6-21-24-9-19(27(21)10-17(15)14-4-5-14)18-2-1-3-20(26-18)25-16-7-22(8-16)12-23-13-22/h1-3,6,9-10,14,16,23,28H,4-5,7-8,11-13H2,(H,25,26). The third-order valence-electron chi connectivity index (χ3n) is 6.68. The SMILES string of the molecule is OCc1cc2ncc(-c3cccc(NC4CC5(CNC5)C4)n3)n2cc1C1CC1. The molecule has 3 N–H and O–H groups in total. The maximum absolute atomic E-state index is 9.72. The molecule has 0 radical (unpaired) electrons. The molecule has 0 amide bonds. The fraction of sp³-hybridized carbons (Fsp3) is 0.455. The summed E-state index contributed by atoms with van der Waals surface area (Å²) in [5, 5.41) is 16.7. The van der Waals surface area contributed by atoms with Crippen molar-refractivity contribution in [3.63, 3.8) is 0 Å². The van der Waals surface area contributed by atoms with Gasteiger partial charge in [-0.1, -0.05) is 6.07 Å². The smallest absolute Gasteiger partial charge is 0.137 e. The summed E-state index contributed by atoms with van der Waals surface area (Å²) in [4.78, 5) is 9.44. The van der Waals surface area contributed by atoms with Gasteiger partial charge in [-0.3, -0.25) is 4.40 Å². The van der Waals surface area contributed by atoms with Crippen LogP contribution < -0.4 is 10.6 Å². The van der Waals surface area contributed by atoms with Gasteiger partial charge in [0.25, 0.3) is 0 Å². The second-order valence-electron chi connectivity index (χ2n) is 8.82. The van der Waals surface area contributed by atoms with Crippen molar-refractivity contribution in [2.45, 2.75) is 44.2 Å². The van der Waals surface area contributed by atoms with Crippen LogP contribution in [-0.4, -0.2) is 38.6 Å². The molecule has 1 saturated heterocycles. The van der Waals surface area contributed by atoms with Crippen molar-refractivity contribution in [1.82, 2.24) is 19.7 Å². The molecule has 2 aliphatic carbocycles. The number of imidazole rings is 1. The topological polar surface area (TPSA) is 74.5 Å². The van der Waals surface area contributed by atoms with Crippen molar-refractivity contribution < 1.29 is 5.11 Å². The van der Waals surface area contributed by atoms with Gasteiger partial charge in [-0.2, -0.15) is 0 Å². The molecule has 3 fully saturated rings. The Morgan fingerprint density at radius 1 is 1.25 bits per heavy atom. The monoisotopic (exact) mass is 375 g/mol. The summed E-state index contributed by atoms with van der Waals surface area (Å²) in [5.74, 6) is 1.52. The number of aliphatic hydroxyl groups excluding tert-OH is 1. The minimum atomic E-state index is 0.0700. The van der Waals surface area contributed by atoms with E-state index >= 15 is 0 Å². The molecular formula is C22H25N5O. The Kier molecular flexibility index (Phi) is 3.55. The normalized spacial score (nSPS) is 20.9. The minimum absolute atomic E-state index is 0.0700. The van der Waals surface area contributed by atoms with E-state index in [0.29, 0.717) is 17.4 Å². The van der Waals surface area contributed by atoms with E-state index in [9.17, 15) is 5.11 Å². The Labute approximate surface area is 164 Å². The predicted molar refractivity (Wildman–Crippen MR) is 108 cm³/mol. The predicted octanol–water partition coefficient (Wildman–Crippen LogP) is 2.93. The highest BCUT2D eigenvalue weighted by Crippen LogP contribution is 2.45. The molecule has 1 spiro atoms. The van der Waals surface area contributed by atoms with Crippen LogP contribution in [0.1, 0.15) is 42.7 Å². The van der Waals surface area contributed by atoms with Crippen LogP contribution in [0.15, 0.2) is 36.7 Å². The molecule has 0 aromatic carbocycles. The number of nitrogens with one attached hydrogen (secondary N) is 2. The number of pyridine rings is 2. The van der Waals surface area contributed by atoms with E-state index in [4.69, 9.17) is 4.98 Å². The Balaban J connectivity index is 1.30. The Morgan fingerprint density at radius 2 is 2.11 bits per heavy atom. The zero-order valence-corrected chi connectivity index (χ0v) is 15.9. The van der Waals surface area contributed by atoms with E-state index in [-0.39, 0.29) is 6.61 Å². The number of hydrogen-bond donors (Lipinski definition) is 3. The lowest BCUT2D eigenvalue weighted by atomic mass is 9.62. The third-order valence-corrected chi connectivity index (χ3v) is 6.68. The zero-order chi connectivity index (χ0) is 18.7. The molecule has 2 saturated carbocycles. The van der Waals surface area contributed by atoms with E-state index in [1.54, 1.807) is 0 Å². The molecule has 3 aromatic rings. The van der Waals surface area contributed by atoms with Crippen molar-refractivity contribution in [1.29, 1.82) is 0 Å². The van der Waals surface area contributed by atoms with Crippen LogP contribution >= 0.6 is 0 Å². The summed E-state index contributed by atoms with van der Waals surface area (Å²) < 4.78 is 2.12. The molecule has 144 valence electrons. The number of aliphatic hydroxyl groups is 1. The quantitative estimate of drug-likeness (QED) is 0.639. The van der Waals surface area contributed by atoms with Crippen LogP contribution in [0.25, 0.3) is 17.0 Å². The highest BCUT2D eigenvalue weighted by atomic mass is 16.3. The fourth-order valence-electron chi connectivity index (χ4n) is 4.89. The molecule has 0 bridgehead atoms. The van der Waals surface area contributed by atoms with Gasteiger partial charge < -0.3 is 15.7 Å². The number of aromatic nitrogens is 3. The van der Waals surface area contributed by atoms with E-state index in [1.807, 2.05) is 18.3 Å². The average molecular weight is 375 g/mol. The summed E-state index contributed by atoms with van der Waals surface area (Å²) in [6.45, 7) is 2.40. The van der Waals surface area contributed by atoms with Gasteiger partial charge in [0, 0.05) is 25.3 Å². The fourth-order valence-corrected chi connectivity index (χ4v) is 4.89. The molecule has 0 atom stereocenters. The summed E-state index contributed by atoms with van der Waals surface area (Å²) in [6.07, 6.45) is 8.92. The number of nitrogens with zero attached hydrogens (tertiary/aromatic N) is 3. The van der Waals surface area contributed by atoms with Gasteiger partial charge in [-0.25, -0.2) is 9.97 Å². The second kappa shape index (κ2) is 6.03. The van der Waals surface area contributed by atoms with Crippen LogP contribution in [0.4, 0.5) is 5.82 Å². The molecule has 28 heavy (non-hydrogen) atoms. The van der Waals surface area contributed by atoms with Crippen LogP contribution in [0.2, 0.25) is 0 Å². The number of anilines is 1. The van der Waals surface area contributed by atoms with Crippen LogP contribution in [0, 0.1) is 5.41 Å². The summed E-state index contributed by atoms with van der Waals surface area (Å²) in [7, 11) is 0. The Hall–Kier alpha value is -2.44. The lowest BCUT2D eigenvalue weighted by Crippen LogP contribution is -2.63. The molecule has 0 unspecified atom stereocenters. The average Bonchev–Trinajstić information content (AvgIpc) is 3.41. The molecule has 6 nitrogen and oxygen atoms in total. The van der Waals surface area contributed by atoms with Gasteiger partial charge in [0.15, 0.2) is 0 Å². The summed E-state index contributed by atoms with van der Waals surface area (Å²) in [6, 6.07) is 8.70. The minimum Gasteiger partial charge on any atom is -0.392 e. The van der Waals surface area contributed by atoms with E-state index < -0.39 is 0 Å². The van der Waals surface area contributed by atoms with Crippen molar-refractivity contribution in [3.05, 3.63) is 47.8 Å². The first-order chi connectivity index (χ1) is 13.7. The van der Waals surface area contributed by atoms with Crippen molar-refractivity contribution >= 4 is 11.5 Å². The van der Waals surface area contributed by atoms with Gasteiger partial charge in [-0.15, -0.1) is 0 Å². The highest BCUT2D eigenvalue weighted by molar-refractivity contribution is 5.63. The van der Waals surface area contributed by atoms with Crippen molar-refractivity contribution in [2.24, 2.45) is 5.41 Å². The zero-order valence-electron chi connectivity index (χ0n) is 15.9. The number of hydrogen-bond acceptors (Lipinski definition) is 5. The molecule has 4 heterocycles. The largest absolute Gasteiger partial charge is 0.392 e. The highest BCUT2D eigenvalue weighted by Gasteiger charge is 2.48. The number of rotatable bonds is 5. The van der Waals surface area contributed by atoms with Gasteiger partial charge in [0.1, 0.15) is 11.5 Å². The van der Waals surface area contributed by atoms with Gasteiger partial charge in [0.2, 0.25) is 0 Å².